The van der Waals surface area contributed by atoms with E-state index in [4.69, 9.17) is 19.4 Å². The summed E-state index contributed by atoms with van der Waals surface area (Å²) in [6, 6.07) is 6.33. The summed E-state index contributed by atoms with van der Waals surface area (Å²) in [5.74, 6) is -2.76. The number of aromatic amines is 1. The summed E-state index contributed by atoms with van der Waals surface area (Å²) in [6.45, 7) is 5.90. The summed E-state index contributed by atoms with van der Waals surface area (Å²) in [6.07, 6.45) is -4.91. The molecule has 1 aliphatic rings. The van der Waals surface area contributed by atoms with Crippen LogP contribution in [0.5, 0.6) is 0 Å². The molecule has 1 aromatic heterocycles. The van der Waals surface area contributed by atoms with Gasteiger partial charge in [0, 0.05) is 18.5 Å². The zero-order valence-electron chi connectivity index (χ0n) is 15.0. The monoisotopic (exact) mass is 389 g/mol. The van der Waals surface area contributed by atoms with E-state index in [1.807, 2.05) is 0 Å². The standard InChI is InChI=1S/C15H21N3O2.C2HF3O2/c1-11-3-4-14-13(7-11)15(17-16-14)9-18(2)8-12-10-19-5-6-20-12;3-2(4,5)1(6)7/h3-4,7,12H,5-6,8-10H2,1-2H3,(H,16,17);(H,6,7). The van der Waals surface area contributed by atoms with Crippen molar-refractivity contribution in [2.45, 2.75) is 25.7 Å². The number of benzene rings is 1. The number of hydrogen-bond acceptors (Lipinski definition) is 5. The average Bonchev–Trinajstić information content (AvgIpc) is 2.97. The Hall–Kier alpha value is -2.17. The lowest BCUT2D eigenvalue weighted by atomic mass is 10.1. The number of aryl methyl sites for hydroxylation is 1. The van der Waals surface area contributed by atoms with Gasteiger partial charge in [-0.2, -0.15) is 18.3 Å². The van der Waals surface area contributed by atoms with Crippen molar-refractivity contribution in [2.24, 2.45) is 0 Å². The first-order valence-electron chi connectivity index (χ1n) is 8.28. The number of fused-ring (bicyclic) bond motifs is 1. The molecule has 1 aliphatic heterocycles. The Bertz CT molecular complexity index is 757. The molecule has 3 rings (SSSR count). The van der Waals surface area contributed by atoms with Crippen LogP contribution >= 0.6 is 0 Å². The largest absolute Gasteiger partial charge is 0.490 e. The lowest BCUT2D eigenvalue weighted by molar-refractivity contribution is -0.192. The van der Waals surface area contributed by atoms with Crippen LogP contribution in [0.4, 0.5) is 13.2 Å². The van der Waals surface area contributed by atoms with E-state index in [9.17, 15) is 13.2 Å². The van der Waals surface area contributed by atoms with Gasteiger partial charge in [0.2, 0.25) is 0 Å². The van der Waals surface area contributed by atoms with E-state index in [2.05, 4.69) is 47.3 Å². The quantitative estimate of drug-likeness (QED) is 0.835. The highest BCUT2D eigenvalue weighted by molar-refractivity contribution is 5.81. The van der Waals surface area contributed by atoms with Gasteiger partial charge < -0.3 is 14.6 Å². The van der Waals surface area contributed by atoms with E-state index in [-0.39, 0.29) is 6.10 Å². The molecule has 1 aromatic carbocycles. The van der Waals surface area contributed by atoms with Crippen molar-refractivity contribution in [3.8, 4) is 0 Å². The molecule has 0 spiro atoms. The van der Waals surface area contributed by atoms with E-state index in [1.54, 1.807) is 0 Å². The molecular formula is C17H22F3N3O4. The summed E-state index contributed by atoms with van der Waals surface area (Å²) < 4.78 is 42.9. The zero-order valence-corrected chi connectivity index (χ0v) is 15.0. The Labute approximate surface area is 154 Å². The maximum atomic E-state index is 10.6. The van der Waals surface area contributed by atoms with Crippen LogP contribution in [0.3, 0.4) is 0 Å². The minimum atomic E-state index is -5.08. The molecule has 0 radical (unpaired) electrons. The summed E-state index contributed by atoms with van der Waals surface area (Å²) in [5.41, 5.74) is 3.44. The van der Waals surface area contributed by atoms with E-state index in [1.165, 1.54) is 10.9 Å². The number of aliphatic carboxylic acids is 1. The van der Waals surface area contributed by atoms with Gasteiger partial charge in [-0.15, -0.1) is 0 Å². The molecule has 1 fully saturated rings. The van der Waals surface area contributed by atoms with Crippen LogP contribution in [0.15, 0.2) is 18.2 Å². The number of rotatable bonds is 4. The van der Waals surface area contributed by atoms with Crippen LogP contribution in [0, 0.1) is 6.92 Å². The first-order valence-corrected chi connectivity index (χ1v) is 8.28. The molecule has 10 heteroatoms. The molecule has 0 bridgehead atoms. The van der Waals surface area contributed by atoms with Crippen LogP contribution in [0.25, 0.3) is 10.9 Å². The number of ether oxygens (including phenoxy) is 2. The lowest BCUT2D eigenvalue weighted by Crippen LogP contribution is -2.38. The number of H-pyrrole nitrogens is 1. The van der Waals surface area contributed by atoms with E-state index < -0.39 is 12.1 Å². The second-order valence-corrected chi connectivity index (χ2v) is 6.29. The summed E-state index contributed by atoms with van der Waals surface area (Å²) in [5, 5.41) is 15.8. The average molecular weight is 389 g/mol. The first-order chi connectivity index (χ1) is 12.7. The fourth-order valence-corrected chi connectivity index (χ4v) is 2.62. The van der Waals surface area contributed by atoms with Gasteiger partial charge in [-0.1, -0.05) is 11.6 Å². The number of hydrogen-bond donors (Lipinski definition) is 2. The molecule has 0 saturated carbocycles. The Morgan fingerprint density at radius 1 is 1.41 bits per heavy atom. The highest BCUT2D eigenvalue weighted by atomic mass is 19.4. The third-order valence-electron chi connectivity index (χ3n) is 3.86. The number of aromatic nitrogens is 2. The van der Waals surface area contributed by atoms with Gasteiger partial charge in [0.05, 0.1) is 37.1 Å². The highest BCUT2D eigenvalue weighted by Gasteiger charge is 2.38. The molecule has 7 nitrogen and oxygen atoms in total. The molecule has 2 N–H and O–H groups in total. The third-order valence-corrected chi connectivity index (χ3v) is 3.86. The summed E-state index contributed by atoms with van der Waals surface area (Å²) in [7, 11) is 2.10. The molecule has 1 unspecified atom stereocenters. The Morgan fingerprint density at radius 3 is 2.70 bits per heavy atom. The number of carbonyl (C=O) groups is 1. The molecule has 2 heterocycles. The van der Waals surface area contributed by atoms with Gasteiger partial charge in [0.15, 0.2) is 0 Å². The van der Waals surface area contributed by atoms with Gasteiger partial charge in [-0.3, -0.25) is 10.00 Å². The van der Waals surface area contributed by atoms with Gasteiger partial charge in [-0.25, -0.2) is 4.79 Å². The molecule has 2 aromatic rings. The van der Waals surface area contributed by atoms with Crippen molar-refractivity contribution in [3.05, 3.63) is 29.5 Å². The second kappa shape index (κ2) is 9.16. The fraction of sp³-hybridized carbons (Fsp3) is 0.529. The van der Waals surface area contributed by atoms with Crippen molar-refractivity contribution < 1.29 is 32.5 Å². The number of nitrogens with zero attached hydrogens (tertiary/aromatic N) is 2. The Morgan fingerprint density at radius 2 is 2.11 bits per heavy atom. The molecule has 150 valence electrons. The van der Waals surface area contributed by atoms with Crippen molar-refractivity contribution in [3.63, 3.8) is 0 Å². The van der Waals surface area contributed by atoms with Crippen LogP contribution in [-0.2, 0) is 20.8 Å². The lowest BCUT2D eigenvalue weighted by Gasteiger charge is -2.27. The van der Waals surface area contributed by atoms with Gasteiger partial charge in [0.25, 0.3) is 0 Å². The van der Waals surface area contributed by atoms with E-state index in [0.29, 0.717) is 19.8 Å². The predicted octanol–water partition coefficient (Wildman–Crippen LogP) is 2.35. The fourth-order valence-electron chi connectivity index (χ4n) is 2.62. The predicted molar refractivity (Wildman–Crippen MR) is 91.4 cm³/mol. The Balaban J connectivity index is 0.000000321. The molecular weight excluding hydrogens is 367 g/mol. The van der Waals surface area contributed by atoms with Crippen LogP contribution in [0.2, 0.25) is 0 Å². The maximum absolute atomic E-state index is 10.6. The molecule has 0 amide bonds. The molecule has 1 atom stereocenters. The van der Waals surface area contributed by atoms with Crippen LogP contribution < -0.4 is 0 Å². The minimum Gasteiger partial charge on any atom is -0.475 e. The van der Waals surface area contributed by atoms with Crippen molar-refractivity contribution >= 4 is 16.9 Å². The second-order valence-electron chi connectivity index (χ2n) is 6.29. The SMILES string of the molecule is Cc1ccc2n[nH]c(CN(C)CC3COCCO3)c2c1.O=C(O)C(F)(F)F. The summed E-state index contributed by atoms with van der Waals surface area (Å²) >= 11 is 0. The normalized spacial score (nSPS) is 17.6. The topological polar surface area (TPSA) is 87.7 Å². The number of carboxylic acids is 1. The van der Waals surface area contributed by atoms with Crippen molar-refractivity contribution in [2.75, 3.05) is 33.4 Å². The zero-order chi connectivity index (χ0) is 20.0. The molecule has 0 aliphatic carbocycles. The van der Waals surface area contributed by atoms with Crippen LogP contribution in [0.1, 0.15) is 11.3 Å². The van der Waals surface area contributed by atoms with E-state index >= 15 is 0 Å². The number of nitrogens with one attached hydrogen (secondary N) is 1. The van der Waals surface area contributed by atoms with Crippen molar-refractivity contribution in [1.82, 2.24) is 15.1 Å². The van der Waals surface area contributed by atoms with Crippen LogP contribution in [-0.4, -0.2) is 71.9 Å². The molecule has 1 saturated heterocycles. The van der Waals surface area contributed by atoms with Gasteiger partial charge >= 0.3 is 12.1 Å². The van der Waals surface area contributed by atoms with E-state index in [0.717, 1.165) is 24.3 Å². The number of likely N-dealkylation sites (N-methyl/N-ethyl adjacent to an activating group) is 1. The maximum Gasteiger partial charge on any atom is 0.490 e. The summed E-state index contributed by atoms with van der Waals surface area (Å²) in [4.78, 5) is 11.1. The first kappa shape index (κ1) is 21.1. The minimum absolute atomic E-state index is 0.171. The number of halogens is 3. The number of carboxylic acid groups (broad SMARTS) is 1. The number of alkyl halides is 3. The van der Waals surface area contributed by atoms with Gasteiger partial charge in [0.1, 0.15) is 0 Å². The van der Waals surface area contributed by atoms with Crippen molar-refractivity contribution in [1.29, 1.82) is 0 Å². The Kier molecular flexibility index (Phi) is 7.17. The third kappa shape index (κ3) is 6.49. The smallest absolute Gasteiger partial charge is 0.475 e. The highest BCUT2D eigenvalue weighted by Crippen LogP contribution is 2.19. The molecule has 27 heavy (non-hydrogen) atoms. The van der Waals surface area contributed by atoms with Gasteiger partial charge in [-0.05, 0) is 26.1 Å².